The maximum absolute atomic E-state index is 6.05. The zero-order valence-corrected chi connectivity index (χ0v) is 20.1. The van der Waals surface area contributed by atoms with Gasteiger partial charge in [-0.15, -0.1) is 0 Å². The highest BCUT2D eigenvalue weighted by Crippen LogP contribution is 2.35. The van der Waals surface area contributed by atoms with Crippen molar-refractivity contribution in [2.24, 2.45) is 0 Å². The van der Waals surface area contributed by atoms with Gasteiger partial charge in [0.05, 0.1) is 11.2 Å². The minimum atomic E-state index is 0.596. The molecule has 0 radical (unpaired) electrons. The van der Waals surface area contributed by atoms with Crippen LogP contribution in [0.2, 0.25) is 0 Å². The lowest BCUT2D eigenvalue weighted by atomic mass is 10.0. The van der Waals surface area contributed by atoms with Crippen LogP contribution in [0, 0.1) is 0 Å². The highest BCUT2D eigenvalue weighted by molar-refractivity contribution is 6.07. The van der Waals surface area contributed by atoms with Gasteiger partial charge in [-0.25, -0.2) is 15.0 Å². The Kier molecular flexibility index (Phi) is 4.45. The summed E-state index contributed by atoms with van der Waals surface area (Å²) in [5, 5.41) is 3.16. The van der Waals surface area contributed by atoms with Crippen molar-refractivity contribution in [1.82, 2.24) is 15.0 Å². The second-order valence-electron chi connectivity index (χ2n) is 9.29. The lowest BCUT2D eigenvalue weighted by molar-refractivity contribution is 0.620. The lowest BCUT2D eigenvalue weighted by Crippen LogP contribution is -1.95. The number of hydrogen-bond donors (Lipinski definition) is 0. The van der Waals surface area contributed by atoms with E-state index in [2.05, 4.69) is 24.3 Å². The first-order valence-corrected chi connectivity index (χ1v) is 12.4. The standard InChI is InChI=1S/C33H19N3O2/c1-2-8-20(9-3-1)33-35-27-19-22(15-17-30(27)38-33)32-34-26-12-6-4-11-24(26)31(36-32)21-14-16-29-25(18-21)23-10-5-7-13-28(23)37-29/h1-19H. The Bertz CT molecular complexity index is 2140. The third-order valence-electron chi connectivity index (χ3n) is 6.92. The minimum absolute atomic E-state index is 0.596. The molecule has 0 bridgehead atoms. The Hall–Kier alpha value is -5.29. The molecule has 8 aromatic rings. The Labute approximate surface area is 217 Å². The average molecular weight is 490 g/mol. The number of rotatable bonds is 3. The predicted molar refractivity (Wildman–Crippen MR) is 151 cm³/mol. The van der Waals surface area contributed by atoms with E-state index in [1.807, 2.05) is 91.0 Å². The van der Waals surface area contributed by atoms with Crippen molar-refractivity contribution in [3.8, 4) is 34.1 Å². The molecule has 5 nitrogen and oxygen atoms in total. The van der Waals surface area contributed by atoms with E-state index in [1.165, 1.54) is 0 Å². The van der Waals surface area contributed by atoms with E-state index in [9.17, 15) is 0 Å². The number of furan rings is 1. The molecule has 0 unspecified atom stereocenters. The Morgan fingerprint density at radius 2 is 1.16 bits per heavy atom. The van der Waals surface area contributed by atoms with Gasteiger partial charge in [-0.1, -0.05) is 54.6 Å². The summed E-state index contributed by atoms with van der Waals surface area (Å²) < 4.78 is 12.1. The molecule has 0 atom stereocenters. The molecule has 0 aliphatic heterocycles. The van der Waals surface area contributed by atoms with Gasteiger partial charge in [0.15, 0.2) is 11.4 Å². The molecule has 0 saturated carbocycles. The van der Waals surface area contributed by atoms with Gasteiger partial charge in [0.25, 0.3) is 0 Å². The second kappa shape index (κ2) is 8.11. The van der Waals surface area contributed by atoms with Crippen LogP contribution in [-0.2, 0) is 0 Å². The Balaban J connectivity index is 1.30. The number of hydrogen-bond acceptors (Lipinski definition) is 5. The molecule has 0 saturated heterocycles. The summed E-state index contributed by atoms with van der Waals surface area (Å²) in [5.74, 6) is 1.24. The van der Waals surface area contributed by atoms with Crippen molar-refractivity contribution >= 4 is 43.9 Å². The molecular formula is C33H19N3O2. The summed E-state index contributed by atoms with van der Waals surface area (Å²) in [6.45, 7) is 0. The van der Waals surface area contributed by atoms with Crippen molar-refractivity contribution in [3.05, 3.63) is 115 Å². The van der Waals surface area contributed by atoms with E-state index < -0.39 is 0 Å². The average Bonchev–Trinajstić information content (AvgIpc) is 3.58. The van der Waals surface area contributed by atoms with Crippen LogP contribution in [0.25, 0.3) is 78.0 Å². The quantitative estimate of drug-likeness (QED) is 0.248. The van der Waals surface area contributed by atoms with Crippen molar-refractivity contribution < 1.29 is 8.83 Å². The molecule has 38 heavy (non-hydrogen) atoms. The molecule has 0 N–H and O–H groups in total. The Morgan fingerprint density at radius 1 is 0.421 bits per heavy atom. The van der Waals surface area contributed by atoms with Gasteiger partial charge in [0.2, 0.25) is 5.89 Å². The fourth-order valence-electron chi connectivity index (χ4n) is 5.07. The van der Waals surface area contributed by atoms with Crippen LogP contribution in [-0.4, -0.2) is 15.0 Å². The van der Waals surface area contributed by atoms with Crippen LogP contribution in [0.1, 0.15) is 0 Å². The van der Waals surface area contributed by atoms with Crippen LogP contribution < -0.4 is 0 Å². The molecule has 5 aromatic carbocycles. The fourth-order valence-corrected chi connectivity index (χ4v) is 5.07. The number of nitrogens with zero attached hydrogens (tertiary/aromatic N) is 3. The summed E-state index contributed by atoms with van der Waals surface area (Å²) in [6, 6.07) is 38.3. The van der Waals surface area contributed by atoms with Gasteiger partial charge < -0.3 is 8.83 Å². The normalized spacial score (nSPS) is 11.7. The topological polar surface area (TPSA) is 65.0 Å². The molecule has 0 aliphatic carbocycles. The number of aromatic nitrogens is 3. The van der Waals surface area contributed by atoms with Crippen molar-refractivity contribution in [1.29, 1.82) is 0 Å². The number of oxazole rings is 1. The lowest BCUT2D eigenvalue weighted by Gasteiger charge is -2.09. The van der Waals surface area contributed by atoms with E-state index in [-0.39, 0.29) is 0 Å². The largest absolute Gasteiger partial charge is 0.456 e. The zero-order chi connectivity index (χ0) is 25.1. The number of fused-ring (bicyclic) bond motifs is 5. The van der Waals surface area contributed by atoms with Crippen molar-refractivity contribution in [3.63, 3.8) is 0 Å². The molecule has 3 heterocycles. The maximum atomic E-state index is 6.05. The van der Waals surface area contributed by atoms with Crippen molar-refractivity contribution in [2.75, 3.05) is 0 Å². The molecule has 5 heteroatoms. The molecular weight excluding hydrogens is 470 g/mol. The SMILES string of the molecule is c1ccc(-c2nc3cc(-c4nc(-c5ccc6oc7ccccc7c6c5)c5ccccc5n4)ccc3o2)cc1. The summed E-state index contributed by atoms with van der Waals surface area (Å²) in [5.41, 5.74) is 7.83. The summed E-state index contributed by atoms with van der Waals surface area (Å²) in [4.78, 5) is 14.7. The van der Waals surface area contributed by atoms with E-state index in [1.54, 1.807) is 0 Å². The highest BCUT2D eigenvalue weighted by atomic mass is 16.3. The number of para-hydroxylation sites is 2. The number of benzene rings is 5. The maximum Gasteiger partial charge on any atom is 0.227 e. The molecule has 178 valence electrons. The van der Waals surface area contributed by atoms with Crippen LogP contribution in [0.4, 0.5) is 0 Å². The van der Waals surface area contributed by atoms with E-state index in [0.717, 1.165) is 66.3 Å². The van der Waals surface area contributed by atoms with Gasteiger partial charge >= 0.3 is 0 Å². The first-order chi connectivity index (χ1) is 18.8. The second-order valence-corrected chi connectivity index (χ2v) is 9.29. The van der Waals surface area contributed by atoms with E-state index >= 15 is 0 Å². The van der Waals surface area contributed by atoms with Gasteiger partial charge in [-0.2, -0.15) is 0 Å². The third-order valence-corrected chi connectivity index (χ3v) is 6.92. The van der Waals surface area contributed by atoms with Crippen molar-refractivity contribution in [2.45, 2.75) is 0 Å². The monoisotopic (exact) mass is 489 g/mol. The molecule has 0 aliphatic rings. The summed E-state index contributed by atoms with van der Waals surface area (Å²) in [7, 11) is 0. The first kappa shape index (κ1) is 20.9. The third kappa shape index (κ3) is 3.29. The molecule has 8 rings (SSSR count). The molecule has 0 spiro atoms. The van der Waals surface area contributed by atoms with Crippen LogP contribution in [0.5, 0.6) is 0 Å². The zero-order valence-electron chi connectivity index (χ0n) is 20.1. The van der Waals surface area contributed by atoms with E-state index in [0.29, 0.717) is 11.7 Å². The summed E-state index contributed by atoms with van der Waals surface area (Å²) >= 11 is 0. The predicted octanol–water partition coefficient (Wildman–Crippen LogP) is 8.67. The summed E-state index contributed by atoms with van der Waals surface area (Å²) in [6.07, 6.45) is 0. The minimum Gasteiger partial charge on any atom is -0.456 e. The van der Waals surface area contributed by atoms with Gasteiger partial charge in [-0.3, -0.25) is 0 Å². The van der Waals surface area contributed by atoms with Gasteiger partial charge in [0, 0.05) is 32.8 Å². The van der Waals surface area contributed by atoms with Gasteiger partial charge in [0.1, 0.15) is 16.7 Å². The smallest absolute Gasteiger partial charge is 0.227 e. The van der Waals surface area contributed by atoms with Gasteiger partial charge in [-0.05, 0) is 60.7 Å². The van der Waals surface area contributed by atoms with Crippen LogP contribution in [0.15, 0.2) is 124 Å². The van der Waals surface area contributed by atoms with Crippen LogP contribution >= 0.6 is 0 Å². The van der Waals surface area contributed by atoms with Crippen LogP contribution in [0.3, 0.4) is 0 Å². The molecule has 3 aromatic heterocycles. The fraction of sp³-hybridized carbons (Fsp3) is 0. The highest BCUT2D eigenvalue weighted by Gasteiger charge is 2.15. The Morgan fingerprint density at radius 3 is 2.08 bits per heavy atom. The molecule has 0 amide bonds. The van der Waals surface area contributed by atoms with E-state index in [4.69, 9.17) is 23.8 Å². The first-order valence-electron chi connectivity index (χ1n) is 12.4. The molecule has 0 fully saturated rings.